The molecule has 1 aromatic carbocycles. The van der Waals surface area contributed by atoms with Gasteiger partial charge in [0, 0.05) is 84.2 Å². The number of aromatic nitrogens is 3. The largest absolute Gasteiger partial charge is 0.445 e. The molecule has 1 saturated carbocycles. The number of hydrogen-bond acceptors (Lipinski definition) is 15. The average Bonchev–Trinajstić information content (AvgIpc) is 3.95. The van der Waals surface area contributed by atoms with Crippen molar-refractivity contribution in [1.29, 1.82) is 0 Å². The van der Waals surface area contributed by atoms with E-state index in [2.05, 4.69) is 56.3 Å². The van der Waals surface area contributed by atoms with Crippen LogP contribution in [0.15, 0.2) is 42.9 Å². The molecule has 2 aliphatic rings. The zero-order valence-corrected chi connectivity index (χ0v) is 44.1. The van der Waals surface area contributed by atoms with Crippen LogP contribution in [0.2, 0.25) is 0 Å². The number of benzene rings is 1. The Bertz CT molecular complexity index is 1860. The Morgan fingerprint density at radius 1 is 0.985 bits per heavy atom. The summed E-state index contributed by atoms with van der Waals surface area (Å²) in [5.74, 6) is -0.0221. The van der Waals surface area contributed by atoms with Crippen molar-refractivity contribution in [2.45, 2.75) is 96.4 Å². The normalized spacial score (nSPS) is 14.7. The summed E-state index contributed by atoms with van der Waals surface area (Å²) < 4.78 is 9.64. The Kier molecular flexibility index (Phi) is 33.9. The fourth-order valence-electron chi connectivity index (χ4n) is 6.44. The molecule has 6 N–H and O–H groups in total. The third-order valence-corrected chi connectivity index (χ3v) is 10.5. The van der Waals surface area contributed by atoms with Gasteiger partial charge in [-0.2, -0.15) is 0 Å². The number of fused-ring (bicyclic) bond motifs is 1. The Hall–Kier alpha value is -3.98. The monoisotopic (exact) mass is 1010 g/mol. The third kappa shape index (κ3) is 24.2. The minimum atomic E-state index is -0.650. The number of nitrogens with two attached hydrogens (primary N) is 1. The molecular weight excluding hydrogens is 940 g/mol. The van der Waals surface area contributed by atoms with Crippen LogP contribution in [-0.4, -0.2) is 167 Å². The van der Waals surface area contributed by atoms with E-state index in [0.717, 1.165) is 49.1 Å². The summed E-state index contributed by atoms with van der Waals surface area (Å²) in [6.07, 6.45) is 15.6. The van der Waals surface area contributed by atoms with Crippen LogP contribution in [0.25, 0.3) is 11.0 Å². The number of ether oxygens (including phenoxy) is 1. The summed E-state index contributed by atoms with van der Waals surface area (Å²) in [5, 5.41) is 8.50. The van der Waals surface area contributed by atoms with E-state index in [0.29, 0.717) is 30.2 Å². The van der Waals surface area contributed by atoms with Gasteiger partial charge in [-0.05, 0) is 90.4 Å². The van der Waals surface area contributed by atoms with Gasteiger partial charge in [0.05, 0.1) is 24.0 Å². The maximum absolute atomic E-state index is 12.1. The smallest absolute Gasteiger partial charge is 0.409 e. The number of primary amides is 1. The molecule has 2 aromatic heterocycles. The number of hydrogen-bond donors (Lipinski definition) is 5. The number of nitrogens with one attached hydrogen (secondary N) is 4. The zero-order chi connectivity index (χ0) is 48.7. The van der Waals surface area contributed by atoms with E-state index in [9.17, 15) is 28.8 Å². The minimum Gasteiger partial charge on any atom is -0.445 e. The van der Waals surface area contributed by atoms with Crippen LogP contribution in [0.5, 0.6) is 0 Å². The summed E-state index contributed by atoms with van der Waals surface area (Å²) in [6.45, 7) is 6.59. The first-order valence-electron chi connectivity index (χ1n) is 21.9. The maximum Gasteiger partial charge on any atom is 0.409 e. The molecule has 3 aromatic rings. The van der Waals surface area contributed by atoms with Crippen LogP contribution >= 0.6 is 11.9 Å². The first-order valence-corrected chi connectivity index (χ1v) is 23.1. The molecule has 2 atom stereocenters. The third-order valence-electron chi connectivity index (χ3n) is 10.1. The van der Waals surface area contributed by atoms with Crippen molar-refractivity contribution < 1.29 is 66.2 Å². The molecule has 3 heterocycles. The predicted octanol–water partition coefficient (Wildman–Crippen LogP) is 3.20. The van der Waals surface area contributed by atoms with Gasteiger partial charge in [0.15, 0.2) is 13.6 Å². The van der Waals surface area contributed by atoms with Crippen LogP contribution in [0, 0.1) is 0 Å². The molecule has 2 unspecified atom stereocenters. The van der Waals surface area contributed by atoms with Crippen molar-refractivity contribution in [2.24, 2.45) is 5.73 Å². The molecule has 1 aliphatic carbocycles. The van der Waals surface area contributed by atoms with E-state index in [1.807, 2.05) is 50.3 Å². The summed E-state index contributed by atoms with van der Waals surface area (Å²) >= 11 is 1.61. The quantitative estimate of drug-likeness (QED) is 0.0743. The second-order valence-electron chi connectivity index (χ2n) is 15.7. The van der Waals surface area contributed by atoms with E-state index < -0.39 is 11.9 Å². The van der Waals surface area contributed by atoms with Crippen molar-refractivity contribution in [3.63, 3.8) is 0 Å². The maximum atomic E-state index is 12.1. The molecular formula is C44H73BN12O7SY. The van der Waals surface area contributed by atoms with E-state index in [1.165, 1.54) is 54.3 Å². The topological polar surface area (TPSA) is 229 Å². The fourth-order valence-corrected chi connectivity index (χ4v) is 6.44. The first-order chi connectivity index (χ1) is 31.1. The molecule has 66 heavy (non-hydrogen) atoms. The first kappa shape index (κ1) is 62.0. The Labute approximate surface area is 422 Å². The van der Waals surface area contributed by atoms with Crippen LogP contribution in [-0.2, 0) is 68.0 Å². The minimum absolute atomic E-state index is 0. The van der Waals surface area contributed by atoms with Crippen LogP contribution < -0.4 is 31.2 Å². The summed E-state index contributed by atoms with van der Waals surface area (Å²) in [5.41, 5.74) is 6.87. The number of rotatable bonds is 17. The van der Waals surface area contributed by atoms with Crippen LogP contribution in [0.1, 0.15) is 77.2 Å². The van der Waals surface area contributed by atoms with Gasteiger partial charge in [-0.3, -0.25) is 33.4 Å². The van der Waals surface area contributed by atoms with E-state index in [-0.39, 0.29) is 76.2 Å². The van der Waals surface area contributed by atoms with Gasteiger partial charge in [-0.1, -0.05) is 63.6 Å². The molecule has 4 amide bonds. The van der Waals surface area contributed by atoms with Crippen LogP contribution in [0.4, 0.5) is 16.3 Å². The molecule has 363 valence electrons. The Morgan fingerprint density at radius 2 is 1.62 bits per heavy atom. The fraction of sp³-hybridized carbons (Fsp3) is 0.591. The van der Waals surface area contributed by atoms with Gasteiger partial charge >= 0.3 is 6.09 Å². The number of likely N-dealkylation sites (N-methyl/N-ethyl adjacent to an activating group) is 3. The molecule has 22 heteroatoms. The SMILES string of the molecule is CCC.CN(C)CCN(C)C(=O)OCc1ccc(NC(=O)CNC(=O)C2CCCN2C)cc1.CN(c1ncnc2c1ccn2C=O)C1CCCCC1.CNSC.[B]NC(C=O)CC(N)=O.[Y]. The van der Waals surface area contributed by atoms with Crippen molar-refractivity contribution in [3.8, 4) is 0 Å². The van der Waals surface area contributed by atoms with Crippen molar-refractivity contribution in [1.82, 2.24) is 44.5 Å². The summed E-state index contributed by atoms with van der Waals surface area (Å²) in [7, 11) is 16.3. The number of nitrogens with zero attached hydrogens (tertiary/aromatic N) is 7. The van der Waals surface area contributed by atoms with Crippen molar-refractivity contribution in [3.05, 3.63) is 48.4 Å². The van der Waals surface area contributed by atoms with Gasteiger partial charge in [-0.15, -0.1) is 0 Å². The second-order valence-corrected chi connectivity index (χ2v) is 16.6. The van der Waals surface area contributed by atoms with Gasteiger partial charge in [-0.25, -0.2) is 14.8 Å². The van der Waals surface area contributed by atoms with Gasteiger partial charge in [0.1, 0.15) is 25.0 Å². The van der Waals surface area contributed by atoms with Crippen molar-refractivity contribution >= 4 is 79.0 Å². The van der Waals surface area contributed by atoms with E-state index >= 15 is 0 Å². The van der Waals surface area contributed by atoms with Gasteiger partial charge in [0.25, 0.3) is 0 Å². The molecule has 1 saturated heterocycles. The predicted molar refractivity (Wildman–Crippen MR) is 261 cm³/mol. The number of carbonyl (C=O) groups excluding carboxylic acids is 6. The number of likely N-dealkylation sites (tertiary alicyclic amines) is 1. The van der Waals surface area contributed by atoms with Gasteiger partial charge < -0.3 is 45.8 Å². The molecule has 0 spiro atoms. The molecule has 0 bridgehead atoms. The van der Waals surface area contributed by atoms with Crippen LogP contribution in [0.3, 0.4) is 0 Å². The number of aldehydes is 1. The molecule has 2 fully saturated rings. The number of carbonyl (C=O) groups is 6. The number of anilines is 2. The average molecular weight is 1010 g/mol. The molecule has 1 aliphatic heterocycles. The Morgan fingerprint density at radius 3 is 2.12 bits per heavy atom. The Balaban J connectivity index is 0.000000993. The van der Waals surface area contributed by atoms with E-state index in [4.69, 9.17) is 18.5 Å². The zero-order valence-electron chi connectivity index (χ0n) is 40.5. The molecule has 3 radical (unpaired) electrons. The summed E-state index contributed by atoms with van der Waals surface area (Å²) in [4.78, 5) is 83.5. The summed E-state index contributed by atoms with van der Waals surface area (Å²) in [6, 6.07) is 8.71. The standard InChI is InChI=1S/C21H33N5O4.C14H18N4O.C4H7BN2O2.C3H8.C2H7NS.Y/c1-24(2)12-13-26(4)21(29)30-15-16-7-9-17(10-8-16)23-19(27)14-22-20(28)18-6-5-11-25(18)3;1-17(11-5-3-2-4-6-11)13-12-7-8-18(10-19)14(12)16-9-15-13;5-7-3(2-8)1-4(6)9;1-3-2;1-3-4-2;/h7-10,18H,5-6,11-15H2,1-4H3,(H,22,28)(H,23,27);7-11H,2-6H2,1H3;2-3,7H,1H2,(H2,6,9);3H2,1-2H3;3H,1-2H3;. The second kappa shape index (κ2) is 36.1. The van der Waals surface area contributed by atoms with Gasteiger partial charge in [0.2, 0.25) is 24.1 Å². The van der Waals surface area contributed by atoms with E-state index in [1.54, 1.807) is 49.5 Å². The number of amides is 4. The molecule has 19 nitrogen and oxygen atoms in total. The molecule has 5 rings (SSSR count). The van der Waals surface area contributed by atoms with Crippen molar-refractivity contribution in [2.75, 3.05) is 84.9 Å².